The first-order chi connectivity index (χ1) is 10.5. The molecule has 22 heavy (non-hydrogen) atoms. The summed E-state index contributed by atoms with van der Waals surface area (Å²) in [6.45, 7) is 14.3. The number of hydrogen-bond donors (Lipinski definition) is 0. The van der Waals surface area contributed by atoms with Gasteiger partial charge in [0.1, 0.15) is 0 Å². The summed E-state index contributed by atoms with van der Waals surface area (Å²) in [5.74, 6) is 0.140. The molecule has 1 amide bonds. The Balaban J connectivity index is 2.10. The van der Waals surface area contributed by atoms with E-state index in [1.807, 2.05) is 16.5 Å². The fourth-order valence-corrected chi connectivity index (χ4v) is 3.36. The quantitative estimate of drug-likeness (QED) is 0.839. The summed E-state index contributed by atoms with van der Waals surface area (Å²) in [6.07, 6.45) is 3.85. The molecule has 2 rings (SSSR count). The second-order valence-corrected chi connectivity index (χ2v) is 6.51. The molecule has 0 radical (unpaired) electrons. The van der Waals surface area contributed by atoms with Gasteiger partial charge >= 0.3 is 0 Å². The molecule has 1 aromatic rings. The minimum absolute atomic E-state index is 0.140. The molecule has 0 aromatic carbocycles. The number of nitrogens with zero attached hydrogens (tertiary/aromatic N) is 4. The number of carbonyl (C=O) groups excluding carboxylic acids is 1. The van der Waals surface area contributed by atoms with Gasteiger partial charge in [-0.2, -0.15) is 5.10 Å². The van der Waals surface area contributed by atoms with Gasteiger partial charge in [-0.05, 0) is 33.6 Å². The standard InChI is InChI=1S/C17H30N4O/c1-6-8-21-14(5)16(11-18-21)17(22)19-9-10-20(13(3)4)15(7-2)12-19/h11,13,15H,6-10,12H2,1-5H3. The van der Waals surface area contributed by atoms with Crippen LogP contribution in [-0.4, -0.2) is 57.2 Å². The fraction of sp³-hybridized carbons (Fsp3) is 0.765. The first kappa shape index (κ1) is 17.0. The lowest BCUT2D eigenvalue weighted by atomic mass is 10.1. The molecule has 1 aliphatic heterocycles. The number of piperazine rings is 1. The summed E-state index contributed by atoms with van der Waals surface area (Å²) < 4.78 is 1.94. The SMILES string of the molecule is CCCn1ncc(C(=O)N2CCN(C(C)C)C(CC)C2)c1C. The number of aromatic nitrogens is 2. The Bertz CT molecular complexity index is 509. The van der Waals surface area contributed by atoms with Crippen molar-refractivity contribution in [3.8, 4) is 0 Å². The first-order valence-electron chi connectivity index (χ1n) is 8.56. The van der Waals surface area contributed by atoms with Crippen LogP contribution in [0.15, 0.2) is 6.20 Å². The van der Waals surface area contributed by atoms with Crippen LogP contribution in [0.5, 0.6) is 0 Å². The zero-order chi connectivity index (χ0) is 16.3. The molecule has 124 valence electrons. The van der Waals surface area contributed by atoms with Crippen molar-refractivity contribution in [3.05, 3.63) is 17.5 Å². The molecule has 0 bridgehead atoms. The van der Waals surface area contributed by atoms with Crippen LogP contribution in [0.25, 0.3) is 0 Å². The highest BCUT2D eigenvalue weighted by Gasteiger charge is 2.31. The summed E-state index contributed by atoms with van der Waals surface area (Å²) in [5.41, 5.74) is 1.76. The first-order valence-corrected chi connectivity index (χ1v) is 8.56. The maximum absolute atomic E-state index is 12.8. The number of amides is 1. The van der Waals surface area contributed by atoms with Gasteiger partial charge in [-0.1, -0.05) is 13.8 Å². The van der Waals surface area contributed by atoms with E-state index >= 15 is 0 Å². The molecule has 1 saturated heterocycles. The molecule has 1 atom stereocenters. The molecule has 5 heteroatoms. The highest BCUT2D eigenvalue weighted by atomic mass is 16.2. The van der Waals surface area contributed by atoms with E-state index in [0.29, 0.717) is 12.1 Å². The van der Waals surface area contributed by atoms with Gasteiger partial charge in [0.15, 0.2) is 0 Å². The van der Waals surface area contributed by atoms with E-state index in [1.165, 1.54) is 0 Å². The third-order valence-corrected chi connectivity index (χ3v) is 4.72. The summed E-state index contributed by atoms with van der Waals surface area (Å²) in [5, 5.41) is 4.36. The predicted octanol–water partition coefficient (Wildman–Crippen LogP) is 2.55. The van der Waals surface area contributed by atoms with Crippen molar-refractivity contribution in [2.75, 3.05) is 19.6 Å². The summed E-state index contributed by atoms with van der Waals surface area (Å²) in [6, 6.07) is 1.000. The summed E-state index contributed by atoms with van der Waals surface area (Å²) in [4.78, 5) is 17.3. The zero-order valence-corrected chi connectivity index (χ0v) is 14.7. The number of aryl methyl sites for hydroxylation is 1. The number of rotatable bonds is 5. The van der Waals surface area contributed by atoms with Gasteiger partial charge < -0.3 is 4.90 Å². The Kier molecular flexibility index (Phi) is 5.62. The van der Waals surface area contributed by atoms with Crippen LogP contribution in [0.4, 0.5) is 0 Å². The van der Waals surface area contributed by atoms with Crippen molar-refractivity contribution in [2.45, 2.75) is 66.1 Å². The molecule has 5 nitrogen and oxygen atoms in total. The molecule has 1 unspecified atom stereocenters. The lowest BCUT2D eigenvalue weighted by Crippen LogP contribution is -2.56. The topological polar surface area (TPSA) is 41.4 Å². The van der Waals surface area contributed by atoms with E-state index in [2.05, 4.69) is 37.7 Å². The predicted molar refractivity (Wildman–Crippen MR) is 89.1 cm³/mol. The van der Waals surface area contributed by atoms with Gasteiger partial charge in [-0.3, -0.25) is 14.4 Å². The van der Waals surface area contributed by atoms with Gasteiger partial charge in [0.05, 0.1) is 11.8 Å². The summed E-state index contributed by atoms with van der Waals surface area (Å²) >= 11 is 0. The molecule has 0 N–H and O–H groups in total. The minimum Gasteiger partial charge on any atom is -0.336 e. The third kappa shape index (κ3) is 3.35. The van der Waals surface area contributed by atoms with Gasteiger partial charge in [0, 0.05) is 44.0 Å². The van der Waals surface area contributed by atoms with Gasteiger partial charge in [0.2, 0.25) is 0 Å². The van der Waals surface area contributed by atoms with E-state index in [0.717, 1.165) is 50.3 Å². The normalized spacial score (nSPS) is 19.9. The van der Waals surface area contributed by atoms with E-state index in [9.17, 15) is 4.79 Å². The largest absolute Gasteiger partial charge is 0.336 e. The molecule has 1 aromatic heterocycles. The monoisotopic (exact) mass is 306 g/mol. The Morgan fingerprint density at radius 3 is 2.68 bits per heavy atom. The molecular formula is C17H30N4O. The van der Waals surface area contributed by atoms with E-state index < -0.39 is 0 Å². The average Bonchev–Trinajstić information content (AvgIpc) is 2.87. The van der Waals surface area contributed by atoms with Crippen LogP contribution in [0, 0.1) is 6.92 Å². The lowest BCUT2D eigenvalue weighted by Gasteiger charge is -2.43. The van der Waals surface area contributed by atoms with Crippen molar-refractivity contribution < 1.29 is 4.79 Å². The lowest BCUT2D eigenvalue weighted by molar-refractivity contribution is 0.0371. The highest BCUT2D eigenvalue weighted by Crippen LogP contribution is 2.19. The van der Waals surface area contributed by atoms with Gasteiger partial charge in [-0.25, -0.2) is 0 Å². The maximum atomic E-state index is 12.8. The van der Waals surface area contributed by atoms with Crippen molar-refractivity contribution in [3.63, 3.8) is 0 Å². The van der Waals surface area contributed by atoms with Crippen molar-refractivity contribution in [1.82, 2.24) is 19.6 Å². The highest BCUT2D eigenvalue weighted by molar-refractivity contribution is 5.95. The van der Waals surface area contributed by atoms with Crippen LogP contribution in [-0.2, 0) is 6.54 Å². The van der Waals surface area contributed by atoms with Gasteiger partial charge in [-0.15, -0.1) is 0 Å². The Hall–Kier alpha value is -1.36. The third-order valence-electron chi connectivity index (χ3n) is 4.72. The number of carbonyl (C=O) groups is 1. The summed E-state index contributed by atoms with van der Waals surface area (Å²) in [7, 11) is 0. The van der Waals surface area contributed by atoms with Crippen molar-refractivity contribution in [1.29, 1.82) is 0 Å². The van der Waals surface area contributed by atoms with Crippen LogP contribution >= 0.6 is 0 Å². The average molecular weight is 306 g/mol. The van der Waals surface area contributed by atoms with Crippen LogP contribution < -0.4 is 0 Å². The fourth-order valence-electron chi connectivity index (χ4n) is 3.36. The zero-order valence-electron chi connectivity index (χ0n) is 14.7. The van der Waals surface area contributed by atoms with Crippen LogP contribution in [0.1, 0.15) is 56.6 Å². The molecule has 0 aliphatic carbocycles. The maximum Gasteiger partial charge on any atom is 0.257 e. The second-order valence-electron chi connectivity index (χ2n) is 6.51. The molecule has 1 aliphatic rings. The molecule has 1 fully saturated rings. The van der Waals surface area contributed by atoms with Crippen LogP contribution in [0.2, 0.25) is 0 Å². The smallest absolute Gasteiger partial charge is 0.257 e. The Morgan fingerprint density at radius 2 is 2.09 bits per heavy atom. The van der Waals surface area contributed by atoms with Crippen molar-refractivity contribution >= 4 is 5.91 Å². The van der Waals surface area contributed by atoms with Crippen molar-refractivity contribution in [2.24, 2.45) is 0 Å². The molecule has 0 spiro atoms. The van der Waals surface area contributed by atoms with Gasteiger partial charge in [0.25, 0.3) is 5.91 Å². The molecular weight excluding hydrogens is 276 g/mol. The minimum atomic E-state index is 0.140. The second kappa shape index (κ2) is 7.27. The molecule has 0 saturated carbocycles. The molecule has 2 heterocycles. The Morgan fingerprint density at radius 1 is 1.36 bits per heavy atom. The Labute approximate surface area is 134 Å². The van der Waals surface area contributed by atoms with Crippen LogP contribution in [0.3, 0.4) is 0 Å². The van der Waals surface area contributed by atoms with E-state index in [1.54, 1.807) is 6.20 Å². The van der Waals surface area contributed by atoms with E-state index in [4.69, 9.17) is 0 Å². The van der Waals surface area contributed by atoms with E-state index in [-0.39, 0.29) is 5.91 Å². The number of hydrogen-bond acceptors (Lipinski definition) is 3.